The van der Waals surface area contributed by atoms with Crippen LogP contribution in [0.1, 0.15) is 76.2 Å². The van der Waals surface area contributed by atoms with E-state index in [-0.39, 0.29) is 31.9 Å². The van der Waals surface area contributed by atoms with Crippen LogP contribution in [0.5, 0.6) is 11.5 Å². The maximum atomic E-state index is 14.9. The van der Waals surface area contributed by atoms with Crippen molar-refractivity contribution in [3.05, 3.63) is 72.8 Å². The number of allylic oxidation sites excluding steroid dienone is 1. The summed E-state index contributed by atoms with van der Waals surface area (Å²) in [6.45, 7) is 3.98. The molecule has 5 atom stereocenters. The number of pyridine rings is 1. The molecule has 0 radical (unpaired) electrons. The fourth-order valence-corrected chi connectivity index (χ4v) is 10.1. The quantitative estimate of drug-likeness (QED) is 0.236. The third-order valence-corrected chi connectivity index (χ3v) is 14.1. The van der Waals surface area contributed by atoms with E-state index in [1.54, 1.807) is 7.11 Å². The summed E-state index contributed by atoms with van der Waals surface area (Å²) in [4.78, 5) is 62.8. The van der Waals surface area contributed by atoms with Gasteiger partial charge in [0.1, 0.15) is 35.2 Å². The molecular weight excluding hydrogens is 775 g/mol. The summed E-state index contributed by atoms with van der Waals surface area (Å²) in [5.74, 6) is -1.50. The lowest BCUT2D eigenvalue weighted by Gasteiger charge is -2.32. The van der Waals surface area contributed by atoms with Crippen LogP contribution in [0, 0.1) is 11.8 Å². The molecule has 0 unspecified atom stereocenters. The van der Waals surface area contributed by atoms with Gasteiger partial charge in [0, 0.05) is 41.0 Å². The number of ether oxygens (including phenoxy) is 3. The fraction of sp³-hybridized carbons (Fsp3) is 0.477. The molecule has 3 N–H and O–H groups in total. The fourth-order valence-electron chi connectivity index (χ4n) is 8.73. The summed E-state index contributed by atoms with van der Waals surface area (Å²) >= 11 is 0. The van der Waals surface area contributed by atoms with Crippen molar-refractivity contribution in [1.29, 1.82) is 0 Å². The number of benzene rings is 2. The molecule has 59 heavy (non-hydrogen) atoms. The molecule has 2 aromatic carbocycles. The third kappa shape index (κ3) is 8.52. The van der Waals surface area contributed by atoms with E-state index < -0.39 is 68.7 Å². The molecule has 4 fully saturated rings. The first-order valence-electron chi connectivity index (χ1n) is 20.7. The number of carbonyl (C=O) groups is 4. The van der Waals surface area contributed by atoms with Gasteiger partial charge in [0.25, 0.3) is 5.91 Å². The third-order valence-electron chi connectivity index (χ3n) is 12.3. The maximum absolute atomic E-state index is 14.9. The summed E-state index contributed by atoms with van der Waals surface area (Å²) < 4.78 is 46.1. The number of nitrogens with zero attached hydrogens (tertiary/aromatic N) is 2. The van der Waals surface area contributed by atoms with E-state index in [9.17, 15) is 27.6 Å². The molecule has 3 saturated carbocycles. The Morgan fingerprint density at radius 3 is 2.54 bits per heavy atom. The van der Waals surface area contributed by atoms with Gasteiger partial charge in [-0.2, -0.15) is 0 Å². The highest BCUT2D eigenvalue weighted by atomic mass is 32.2. The van der Waals surface area contributed by atoms with E-state index >= 15 is 0 Å². The van der Waals surface area contributed by atoms with Crippen molar-refractivity contribution >= 4 is 50.8 Å². The summed E-state index contributed by atoms with van der Waals surface area (Å²) in [5.41, 5.74) is 1.39. The highest BCUT2D eigenvalue weighted by molar-refractivity contribution is 7.91. The maximum Gasteiger partial charge on any atom is 0.407 e. The smallest absolute Gasteiger partial charge is 0.407 e. The summed E-state index contributed by atoms with van der Waals surface area (Å²) in [6.07, 6.45) is 10.6. The highest BCUT2D eigenvalue weighted by Gasteiger charge is 2.62. The van der Waals surface area contributed by atoms with Gasteiger partial charge in [0.05, 0.1) is 36.7 Å². The van der Waals surface area contributed by atoms with E-state index in [0.717, 1.165) is 36.8 Å². The van der Waals surface area contributed by atoms with Crippen molar-refractivity contribution < 1.29 is 41.8 Å². The molecule has 3 heterocycles. The largest absolute Gasteiger partial charge is 0.496 e. The van der Waals surface area contributed by atoms with E-state index in [2.05, 4.69) is 21.9 Å². The molecule has 14 nitrogen and oxygen atoms in total. The average Bonchev–Trinajstić information content (AvgIpc) is 4.11. The zero-order valence-electron chi connectivity index (χ0n) is 33.2. The van der Waals surface area contributed by atoms with Crippen LogP contribution in [-0.4, -0.2) is 91.4 Å². The number of alkyl carbamates (subject to hydrolysis) is 1. The van der Waals surface area contributed by atoms with Crippen LogP contribution < -0.4 is 24.8 Å². The molecule has 4 bridgehead atoms. The number of aromatic nitrogens is 1. The second kappa shape index (κ2) is 16.7. The first-order chi connectivity index (χ1) is 28.5. The van der Waals surface area contributed by atoms with Crippen LogP contribution in [-0.2, 0) is 29.1 Å². The van der Waals surface area contributed by atoms with Gasteiger partial charge in [0.2, 0.25) is 21.8 Å². The van der Waals surface area contributed by atoms with Crippen LogP contribution in [0.15, 0.2) is 67.3 Å². The minimum absolute atomic E-state index is 0.00951. The van der Waals surface area contributed by atoms with Gasteiger partial charge in [-0.05, 0) is 63.4 Å². The van der Waals surface area contributed by atoms with Gasteiger partial charge in [-0.25, -0.2) is 18.2 Å². The Balaban J connectivity index is 1.18. The van der Waals surface area contributed by atoms with Crippen LogP contribution in [0.3, 0.4) is 0 Å². The van der Waals surface area contributed by atoms with Crippen LogP contribution in [0.2, 0.25) is 0 Å². The molecule has 312 valence electrons. The first-order valence-corrected chi connectivity index (χ1v) is 22.2. The molecule has 5 aliphatic rings. The second-order valence-electron chi connectivity index (χ2n) is 16.3. The predicted octanol–water partition coefficient (Wildman–Crippen LogP) is 5.41. The van der Waals surface area contributed by atoms with Crippen molar-refractivity contribution in [2.75, 3.05) is 20.3 Å². The Labute approximate surface area is 344 Å². The Morgan fingerprint density at radius 1 is 1.05 bits per heavy atom. The standard InChI is InChI=1S/C44H51N5O9S/c1-3-30-25-44(30,42(52)48-59(54,55)32-18-19-32)47-40(50)36-22-31-26-49(36)41(51)39(28-15-10-11-16-28)46-43(53)57-20-12-5-4-7-17-29-21-33-35(24-37(29)56-2)45-34(23-38(33)58-31)27-13-8-6-9-14-27/h3,6-9,13-14,17,21,23-24,28,30-32,36,39H,1,4-5,10-12,15-16,18-20,22,25-26H2,2H3,(H,46,53)(H,47,50)(H,48,52)/b17-7+/t30-,31-,36+,39+,44-/m1/s1. The SMILES string of the molecule is C=C[C@@H]1C[C@]1(NC(=O)[C@@H]1C[C@@H]2CN1C(=O)[C@H](C1CCCC1)NC(=O)OCCCC/C=C/c1cc3c(cc(-c4ccccc4)nc3cc1OC)O2)C(=O)NS(=O)(=O)C1CC1. The Hall–Kier alpha value is -5.44. The second-order valence-corrected chi connectivity index (χ2v) is 18.3. The van der Waals surface area contributed by atoms with Gasteiger partial charge >= 0.3 is 6.09 Å². The predicted molar refractivity (Wildman–Crippen MR) is 221 cm³/mol. The molecular formula is C44H51N5O9S. The lowest BCUT2D eigenvalue weighted by molar-refractivity contribution is -0.142. The van der Waals surface area contributed by atoms with E-state index in [0.29, 0.717) is 60.2 Å². The molecule has 3 aromatic rings. The van der Waals surface area contributed by atoms with Gasteiger partial charge in [-0.1, -0.05) is 61.4 Å². The topological polar surface area (TPSA) is 182 Å². The normalized spacial score (nSPS) is 27.0. The Morgan fingerprint density at radius 2 is 1.83 bits per heavy atom. The molecule has 2 aliphatic heterocycles. The summed E-state index contributed by atoms with van der Waals surface area (Å²) in [5, 5.41) is 5.78. The molecule has 3 aliphatic carbocycles. The minimum Gasteiger partial charge on any atom is -0.496 e. The Bertz CT molecular complexity index is 2270. The van der Waals surface area contributed by atoms with Crippen molar-refractivity contribution in [3.8, 4) is 22.8 Å². The van der Waals surface area contributed by atoms with Crippen LogP contribution in [0.4, 0.5) is 4.79 Å². The number of amides is 4. The molecule has 8 rings (SSSR count). The lowest BCUT2D eigenvalue weighted by atomic mass is 9.96. The molecule has 15 heteroatoms. The van der Waals surface area contributed by atoms with Crippen LogP contribution in [0.25, 0.3) is 28.2 Å². The highest BCUT2D eigenvalue weighted by Crippen LogP contribution is 2.46. The summed E-state index contributed by atoms with van der Waals surface area (Å²) in [7, 11) is -2.31. The van der Waals surface area contributed by atoms with E-state index in [1.165, 1.54) is 11.0 Å². The van der Waals surface area contributed by atoms with Gasteiger partial charge in [0.15, 0.2) is 0 Å². The number of rotatable bonds is 9. The van der Waals surface area contributed by atoms with Crippen LogP contribution >= 0.6 is 0 Å². The number of cyclic esters (lactones) is 1. The number of methoxy groups -OCH3 is 1. The first kappa shape index (κ1) is 40.3. The lowest BCUT2D eigenvalue weighted by Crippen LogP contribution is -2.59. The van der Waals surface area contributed by atoms with Crippen molar-refractivity contribution in [2.24, 2.45) is 11.8 Å². The van der Waals surface area contributed by atoms with Crippen molar-refractivity contribution in [2.45, 2.75) is 99.6 Å². The number of sulfonamides is 1. The van der Waals surface area contributed by atoms with E-state index in [4.69, 9.17) is 19.2 Å². The number of hydrogen-bond donors (Lipinski definition) is 3. The van der Waals surface area contributed by atoms with Gasteiger partial charge < -0.3 is 29.7 Å². The van der Waals surface area contributed by atoms with Gasteiger partial charge in [-0.15, -0.1) is 6.58 Å². The van der Waals surface area contributed by atoms with Crippen molar-refractivity contribution in [1.82, 2.24) is 25.2 Å². The van der Waals surface area contributed by atoms with E-state index in [1.807, 2.05) is 60.7 Å². The zero-order chi connectivity index (χ0) is 41.3. The number of nitrogens with one attached hydrogen (secondary N) is 3. The molecule has 0 spiro atoms. The number of fused-ring (bicyclic) bond motifs is 3. The number of carbonyl (C=O) groups excluding carboxylic acids is 4. The zero-order valence-corrected chi connectivity index (χ0v) is 34.0. The monoisotopic (exact) mass is 825 g/mol. The van der Waals surface area contributed by atoms with Crippen molar-refractivity contribution in [3.63, 3.8) is 0 Å². The molecule has 1 saturated heterocycles. The summed E-state index contributed by atoms with van der Waals surface area (Å²) in [6, 6.07) is 13.3. The van der Waals surface area contributed by atoms with Gasteiger partial charge in [-0.3, -0.25) is 19.1 Å². The molecule has 4 amide bonds. The average molecular weight is 826 g/mol. The minimum atomic E-state index is -3.91. The number of hydrogen-bond acceptors (Lipinski definition) is 10. The molecule has 1 aromatic heterocycles. The Kier molecular flexibility index (Phi) is 11.4.